The van der Waals surface area contributed by atoms with Gasteiger partial charge in [0.25, 0.3) is 11.8 Å². The van der Waals surface area contributed by atoms with E-state index in [1.54, 1.807) is 55.6 Å². The van der Waals surface area contributed by atoms with Gasteiger partial charge in [0.05, 0.1) is 12.8 Å². The lowest BCUT2D eigenvalue weighted by Gasteiger charge is -2.16. The van der Waals surface area contributed by atoms with Crippen LogP contribution in [0.25, 0.3) is 0 Å². The quantitative estimate of drug-likeness (QED) is 0.573. The van der Waals surface area contributed by atoms with Crippen LogP contribution in [0.4, 0.5) is 11.4 Å². The number of hydrogen-bond acceptors (Lipinski definition) is 5. The molecule has 1 N–H and O–H groups in total. The molecule has 2 amide bonds. The average Bonchev–Trinajstić information content (AvgIpc) is 2.99. The summed E-state index contributed by atoms with van der Waals surface area (Å²) in [5.41, 5.74) is 1.03. The first-order valence-electron chi connectivity index (χ1n) is 9.09. The zero-order valence-electron chi connectivity index (χ0n) is 16.0. The SMILES string of the molecule is COc1ccc(NC2=C(Cl)C(=O)N(c3ccc(Oc4ccccc4)cc3)C2=O)cc1. The summed E-state index contributed by atoms with van der Waals surface area (Å²) in [5, 5.41) is 2.76. The van der Waals surface area contributed by atoms with Crippen molar-refractivity contribution in [2.45, 2.75) is 0 Å². The lowest BCUT2D eigenvalue weighted by atomic mass is 10.2. The number of methoxy groups -OCH3 is 1. The molecule has 0 unspecified atom stereocenters. The normalized spacial score (nSPS) is 13.6. The van der Waals surface area contributed by atoms with Crippen molar-refractivity contribution in [3.05, 3.63) is 89.6 Å². The molecule has 6 nitrogen and oxygen atoms in total. The number of amides is 2. The highest BCUT2D eigenvalue weighted by Crippen LogP contribution is 2.32. The monoisotopic (exact) mass is 420 g/mol. The molecule has 4 rings (SSSR count). The van der Waals surface area contributed by atoms with Crippen LogP contribution in [0.1, 0.15) is 0 Å². The van der Waals surface area contributed by atoms with Crippen molar-refractivity contribution in [1.29, 1.82) is 0 Å². The third-order valence-corrected chi connectivity index (χ3v) is 4.81. The molecule has 0 radical (unpaired) electrons. The highest BCUT2D eigenvalue weighted by Gasteiger charge is 2.38. The van der Waals surface area contributed by atoms with Crippen molar-refractivity contribution >= 4 is 34.8 Å². The van der Waals surface area contributed by atoms with Crippen molar-refractivity contribution in [3.63, 3.8) is 0 Å². The van der Waals surface area contributed by atoms with Crippen molar-refractivity contribution in [2.75, 3.05) is 17.3 Å². The molecule has 0 atom stereocenters. The van der Waals surface area contributed by atoms with E-state index in [0.717, 1.165) is 4.90 Å². The number of imide groups is 1. The van der Waals surface area contributed by atoms with Gasteiger partial charge >= 0.3 is 0 Å². The van der Waals surface area contributed by atoms with Crippen LogP contribution >= 0.6 is 11.6 Å². The summed E-state index contributed by atoms with van der Waals surface area (Å²) in [7, 11) is 1.56. The number of ether oxygens (including phenoxy) is 2. The van der Waals surface area contributed by atoms with Crippen LogP contribution in [0.2, 0.25) is 0 Å². The number of rotatable bonds is 6. The molecular weight excluding hydrogens is 404 g/mol. The molecule has 0 saturated heterocycles. The first-order chi connectivity index (χ1) is 14.6. The molecule has 30 heavy (non-hydrogen) atoms. The van der Waals surface area contributed by atoms with Crippen molar-refractivity contribution in [3.8, 4) is 17.2 Å². The summed E-state index contributed by atoms with van der Waals surface area (Å²) in [6, 6.07) is 22.9. The molecule has 7 heteroatoms. The number of anilines is 2. The topological polar surface area (TPSA) is 67.9 Å². The number of carbonyl (C=O) groups is 2. The minimum Gasteiger partial charge on any atom is -0.497 e. The zero-order valence-corrected chi connectivity index (χ0v) is 16.7. The molecule has 0 bridgehead atoms. The second kappa shape index (κ2) is 8.31. The summed E-state index contributed by atoms with van der Waals surface area (Å²) >= 11 is 6.17. The minimum atomic E-state index is -0.589. The maximum atomic E-state index is 12.9. The first-order valence-corrected chi connectivity index (χ1v) is 9.47. The average molecular weight is 421 g/mol. The smallest absolute Gasteiger partial charge is 0.283 e. The number of para-hydroxylation sites is 1. The van der Waals surface area contributed by atoms with Gasteiger partial charge in [0.15, 0.2) is 0 Å². The molecule has 1 heterocycles. The van der Waals surface area contributed by atoms with Gasteiger partial charge in [-0.25, -0.2) is 4.90 Å². The Balaban J connectivity index is 1.51. The maximum Gasteiger partial charge on any atom is 0.283 e. The molecule has 3 aromatic carbocycles. The summed E-state index contributed by atoms with van der Waals surface area (Å²) in [6.07, 6.45) is 0. The summed E-state index contributed by atoms with van der Waals surface area (Å²) in [6.45, 7) is 0. The molecule has 150 valence electrons. The summed E-state index contributed by atoms with van der Waals surface area (Å²) < 4.78 is 10.9. The summed E-state index contributed by atoms with van der Waals surface area (Å²) in [4.78, 5) is 26.5. The number of carbonyl (C=O) groups excluding carboxylic acids is 2. The Labute approximate surface area is 178 Å². The Morgan fingerprint density at radius 1 is 0.767 bits per heavy atom. The Morgan fingerprint density at radius 3 is 2.00 bits per heavy atom. The fourth-order valence-corrected chi connectivity index (χ4v) is 3.17. The van der Waals surface area contributed by atoms with Crippen molar-refractivity contribution < 1.29 is 19.1 Å². The number of nitrogens with zero attached hydrogens (tertiary/aromatic N) is 1. The van der Waals surface area contributed by atoms with Crippen molar-refractivity contribution in [2.24, 2.45) is 0 Å². The Hall–Kier alpha value is -3.77. The molecule has 0 spiro atoms. The van der Waals surface area contributed by atoms with Gasteiger partial charge in [0.1, 0.15) is 28.0 Å². The number of benzene rings is 3. The van der Waals surface area contributed by atoms with Crippen molar-refractivity contribution in [1.82, 2.24) is 0 Å². The first kappa shape index (κ1) is 19.5. The van der Waals surface area contributed by atoms with E-state index in [1.807, 2.05) is 30.3 Å². The molecule has 3 aromatic rings. The fraction of sp³-hybridized carbons (Fsp3) is 0.0435. The van der Waals surface area contributed by atoms with Crippen LogP contribution in [0.15, 0.2) is 89.6 Å². The molecule has 0 aromatic heterocycles. The lowest BCUT2D eigenvalue weighted by Crippen LogP contribution is -2.32. The van der Waals surface area contributed by atoms with Gasteiger partial charge in [-0.05, 0) is 60.7 Å². The van der Waals surface area contributed by atoms with Gasteiger partial charge in [-0.3, -0.25) is 9.59 Å². The Morgan fingerprint density at radius 2 is 1.37 bits per heavy atom. The van der Waals surface area contributed by atoms with Crippen LogP contribution in [-0.2, 0) is 9.59 Å². The van der Waals surface area contributed by atoms with Gasteiger partial charge in [0, 0.05) is 5.69 Å². The molecule has 1 aliphatic heterocycles. The Bertz CT molecular complexity index is 1110. The van der Waals surface area contributed by atoms with Gasteiger partial charge in [-0.15, -0.1) is 0 Å². The van der Waals surface area contributed by atoms with E-state index in [-0.39, 0.29) is 10.7 Å². The van der Waals surface area contributed by atoms with Gasteiger partial charge in [-0.2, -0.15) is 0 Å². The highest BCUT2D eigenvalue weighted by atomic mass is 35.5. The van der Waals surface area contributed by atoms with Crippen LogP contribution in [0.3, 0.4) is 0 Å². The summed E-state index contributed by atoms with van der Waals surface area (Å²) in [5.74, 6) is 0.829. The molecule has 0 aliphatic carbocycles. The van der Waals surface area contributed by atoms with Crippen LogP contribution in [-0.4, -0.2) is 18.9 Å². The number of nitrogens with one attached hydrogen (secondary N) is 1. The zero-order chi connectivity index (χ0) is 21.1. The lowest BCUT2D eigenvalue weighted by molar-refractivity contribution is -0.120. The van der Waals surface area contributed by atoms with Gasteiger partial charge < -0.3 is 14.8 Å². The number of hydrogen-bond donors (Lipinski definition) is 1. The standard InChI is InChI=1S/C23H17ClN2O4/c1-29-17-11-7-15(8-12-17)25-21-20(24)22(27)26(23(21)28)16-9-13-19(14-10-16)30-18-5-3-2-4-6-18/h2-14,25H,1H3. The molecule has 0 saturated carbocycles. The fourth-order valence-electron chi connectivity index (χ4n) is 2.95. The molecule has 0 fully saturated rings. The highest BCUT2D eigenvalue weighted by molar-refractivity contribution is 6.53. The van der Waals surface area contributed by atoms with E-state index in [2.05, 4.69) is 5.32 Å². The largest absolute Gasteiger partial charge is 0.497 e. The third-order valence-electron chi connectivity index (χ3n) is 4.46. The predicted octanol–water partition coefficient (Wildman–Crippen LogP) is 4.92. The second-order valence-electron chi connectivity index (χ2n) is 6.40. The van der Waals surface area contributed by atoms with Crippen LogP contribution < -0.4 is 19.7 Å². The van der Waals surface area contributed by atoms with E-state index < -0.39 is 11.8 Å². The third kappa shape index (κ3) is 3.86. The van der Waals surface area contributed by atoms with Crippen LogP contribution in [0, 0.1) is 0 Å². The van der Waals surface area contributed by atoms with E-state index in [0.29, 0.717) is 28.6 Å². The van der Waals surface area contributed by atoms with E-state index in [4.69, 9.17) is 21.1 Å². The van der Waals surface area contributed by atoms with E-state index in [9.17, 15) is 9.59 Å². The maximum absolute atomic E-state index is 12.9. The van der Waals surface area contributed by atoms with Crippen LogP contribution in [0.5, 0.6) is 17.2 Å². The van der Waals surface area contributed by atoms with E-state index in [1.165, 1.54) is 0 Å². The van der Waals surface area contributed by atoms with Gasteiger partial charge in [0.2, 0.25) is 0 Å². The molecular formula is C23H17ClN2O4. The predicted molar refractivity (Wildman–Crippen MR) is 115 cm³/mol. The minimum absolute atomic E-state index is 0.0245. The second-order valence-corrected chi connectivity index (χ2v) is 6.78. The number of halogens is 1. The Kier molecular flexibility index (Phi) is 5.41. The molecule has 1 aliphatic rings. The van der Waals surface area contributed by atoms with E-state index >= 15 is 0 Å². The van der Waals surface area contributed by atoms with Gasteiger partial charge in [-0.1, -0.05) is 29.8 Å².